The van der Waals surface area contributed by atoms with Gasteiger partial charge in [-0.25, -0.2) is 4.79 Å². The van der Waals surface area contributed by atoms with E-state index in [4.69, 9.17) is 0 Å². The van der Waals surface area contributed by atoms with Crippen LogP contribution in [0.25, 0.3) is 0 Å². The minimum absolute atomic E-state index is 0.0649. The zero-order chi connectivity index (χ0) is 14.3. The second-order valence-electron chi connectivity index (χ2n) is 3.46. The molecule has 1 rings (SSSR count). The molecule has 19 heavy (non-hydrogen) atoms. The molecule has 0 saturated heterocycles. The Kier molecular flexibility index (Phi) is 5.95. The summed E-state index contributed by atoms with van der Waals surface area (Å²) >= 11 is 1.11. The predicted octanol–water partition coefficient (Wildman–Crippen LogP) is 2.10. The molecule has 0 fully saturated rings. The van der Waals surface area contributed by atoms with Crippen LogP contribution in [0, 0.1) is 0 Å². The fourth-order valence-corrected chi connectivity index (χ4v) is 2.15. The molecule has 0 amide bonds. The highest BCUT2D eigenvalue weighted by Gasteiger charge is 2.12. The first-order valence-electron chi connectivity index (χ1n) is 5.38. The number of hydrogen-bond donors (Lipinski definition) is 1. The Morgan fingerprint density at radius 3 is 2.53 bits per heavy atom. The topological polar surface area (TPSA) is 72.8 Å². The molecule has 102 valence electrons. The van der Waals surface area contributed by atoms with Gasteiger partial charge in [-0.1, -0.05) is 23.9 Å². The number of methoxy groups -OCH3 is 2. The number of phenols is 1. The number of para-hydroxylation sites is 1. The van der Waals surface area contributed by atoms with Crippen LogP contribution in [0.5, 0.6) is 5.75 Å². The lowest BCUT2D eigenvalue weighted by molar-refractivity contribution is -0.139. The van der Waals surface area contributed by atoms with Gasteiger partial charge in [-0.2, -0.15) is 0 Å². The van der Waals surface area contributed by atoms with Crippen LogP contribution in [0.15, 0.2) is 40.1 Å². The van der Waals surface area contributed by atoms with Gasteiger partial charge >= 0.3 is 11.9 Å². The second kappa shape index (κ2) is 7.48. The van der Waals surface area contributed by atoms with Gasteiger partial charge in [0, 0.05) is 11.0 Å². The summed E-state index contributed by atoms with van der Waals surface area (Å²) < 4.78 is 9.08. The Bertz CT molecular complexity index is 496. The van der Waals surface area contributed by atoms with Crippen molar-refractivity contribution in [1.29, 1.82) is 0 Å². The Morgan fingerprint density at radius 1 is 1.26 bits per heavy atom. The maximum atomic E-state index is 11.3. The van der Waals surface area contributed by atoms with E-state index in [-0.39, 0.29) is 12.2 Å². The van der Waals surface area contributed by atoms with Crippen molar-refractivity contribution in [2.75, 3.05) is 14.2 Å². The van der Waals surface area contributed by atoms with Gasteiger partial charge in [0.05, 0.1) is 25.5 Å². The van der Waals surface area contributed by atoms with E-state index in [2.05, 4.69) is 9.47 Å². The summed E-state index contributed by atoms with van der Waals surface area (Å²) in [5.74, 6) is -0.965. The zero-order valence-corrected chi connectivity index (χ0v) is 11.4. The molecule has 0 aliphatic carbocycles. The van der Waals surface area contributed by atoms with Gasteiger partial charge in [-0.15, -0.1) is 0 Å². The molecular weight excluding hydrogens is 268 g/mol. The van der Waals surface area contributed by atoms with Gasteiger partial charge in [-0.3, -0.25) is 4.79 Å². The summed E-state index contributed by atoms with van der Waals surface area (Å²) in [6, 6.07) is 6.64. The summed E-state index contributed by atoms with van der Waals surface area (Å²) in [7, 11) is 2.52. The fourth-order valence-electron chi connectivity index (χ4n) is 1.21. The van der Waals surface area contributed by atoms with Crippen molar-refractivity contribution in [1.82, 2.24) is 0 Å². The standard InChI is InChI=1S/C13H14O5S/c1-17-12(15)7-9(8-13(16)18-2)19-11-6-4-3-5-10(11)14/h3-7,14H,8H2,1-2H3/b9-7-. The molecule has 0 spiro atoms. The maximum absolute atomic E-state index is 11.3. The lowest BCUT2D eigenvalue weighted by Crippen LogP contribution is -2.03. The number of carbonyl (C=O) groups is 2. The third-order valence-electron chi connectivity index (χ3n) is 2.13. The van der Waals surface area contributed by atoms with Crippen molar-refractivity contribution in [3.05, 3.63) is 35.2 Å². The van der Waals surface area contributed by atoms with Crippen molar-refractivity contribution in [2.45, 2.75) is 11.3 Å². The molecular formula is C13H14O5S. The molecule has 6 heteroatoms. The van der Waals surface area contributed by atoms with Gasteiger partial charge in [-0.05, 0) is 12.1 Å². The fraction of sp³-hybridized carbons (Fsp3) is 0.231. The van der Waals surface area contributed by atoms with Crippen molar-refractivity contribution in [2.24, 2.45) is 0 Å². The summed E-state index contributed by atoms with van der Waals surface area (Å²) in [6.07, 6.45) is 1.14. The van der Waals surface area contributed by atoms with E-state index < -0.39 is 11.9 Å². The van der Waals surface area contributed by atoms with E-state index in [0.29, 0.717) is 9.80 Å². The molecule has 0 saturated carbocycles. The quantitative estimate of drug-likeness (QED) is 0.506. The van der Waals surface area contributed by atoms with Crippen LogP contribution >= 0.6 is 11.8 Å². The van der Waals surface area contributed by atoms with Crippen LogP contribution in [0.3, 0.4) is 0 Å². The average molecular weight is 282 g/mol. The number of thioether (sulfide) groups is 1. The first-order valence-corrected chi connectivity index (χ1v) is 6.19. The van der Waals surface area contributed by atoms with Crippen molar-refractivity contribution in [3.63, 3.8) is 0 Å². The van der Waals surface area contributed by atoms with Crippen LogP contribution in [0.1, 0.15) is 6.42 Å². The highest BCUT2D eigenvalue weighted by atomic mass is 32.2. The molecule has 0 aromatic heterocycles. The Hall–Kier alpha value is -1.95. The van der Waals surface area contributed by atoms with Gasteiger partial charge in [0.15, 0.2) is 0 Å². The van der Waals surface area contributed by atoms with E-state index in [1.807, 2.05) is 0 Å². The van der Waals surface area contributed by atoms with Crippen LogP contribution in [-0.4, -0.2) is 31.3 Å². The zero-order valence-electron chi connectivity index (χ0n) is 10.6. The number of carbonyl (C=O) groups excluding carboxylic acids is 2. The lowest BCUT2D eigenvalue weighted by atomic mass is 10.3. The number of phenolic OH excluding ortho intramolecular Hbond substituents is 1. The van der Waals surface area contributed by atoms with Crippen molar-refractivity contribution >= 4 is 23.7 Å². The molecule has 1 N–H and O–H groups in total. The van der Waals surface area contributed by atoms with Crippen LogP contribution in [0.4, 0.5) is 0 Å². The Morgan fingerprint density at radius 2 is 1.95 bits per heavy atom. The molecule has 0 bridgehead atoms. The van der Waals surface area contributed by atoms with Crippen LogP contribution in [-0.2, 0) is 19.1 Å². The SMILES string of the molecule is COC(=O)/C=C(/CC(=O)OC)Sc1ccccc1O. The van der Waals surface area contributed by atoms with Crippen molar-refractivity contribution in [3.8, 4) is 5.75 Å². The van der Waals surface area contributed by atoms with Gasteiger partial charge in [0.2, 0.25) is 0 Å². The number of benzene rings is 1. The Labute approximate surface area is 115 Å². The summed E-state index contributed by atoms with van der Waals surface area (Å²) in [5.41, 5.74) is 0. The highest BCUT2D eigenvalue weighted by molar-refractivity contribution is 8.03. The molecule has 0 unspecified atom stereocenters. The number of ether oxygens (including phenoxy) is 2. The van der Waals surface area contributed by atoms with Crippen molar-refractivity contribution < 1.29 is 24.2 Å². The molecule has 0 atom stereocenters. The number of hydrogen-bond acceptors (Lipinski definition) is 6. The van der Waals surface area contributed by atoms with E-state index >= 15 is 0 Å². The maximum Gasteiger partial charge on any atom is 0.331 e. The number of rotatable bonds is 5. The van der Waals surface area contributed by atoms with E-state index in [9.17, 15) is 14.7 Å². The van der Waals surface area contributed by atoms with E-state index in [1.165, 1.54) is 26.4 Å². The van der Waals surface area contributed by atoms with Gasteiger partial charge < -0.3 is 14.6 Å². The smallest absolute Gasteiger partial charge is 0.331 e. The highest BCUT2D eigenvalue weighted by Crippen LogP contribution is 2.35. The lowest BCUT2D eigenvalue weighted by Gasteiger charge is -2.07. The third kappa shape index (κ3) is 5.05. The minimum Gasteiger partial charge on any atom is -0.507 e. The number of aromatic hydroxyl groups is 1. The minimum atomic E-state index is -0.568. The first kappa shape index (κ1) is 15.1. The van der Waals surface area contributed by atoms with Gasteiger partial charge in [0.25, 0.3) is 0 Å². The predicted molar refractivity (Wildman–Crippen MR) is 70.7 cm³/mol. The van der Waals surface area contributed by atoms with E-state index in [1.54, 1.807) is 18.2 Å². The van der Waals surface area contributed by atoms with Crippen LogP contribution < -0.4 is 0 Å². The third-order valence-corrected chi connectivity index (χ3v) is 3.22. The normalized spacial score (nSPS) is 10.9. The molecule has 0 aliphatic heterocycles. The first-order chi connectivity index (χ1) is 9.06. The Balaban J connectivity index is 2.91. The molecule has 5 nitrogen and oxygen atoms in total. The molecule has 1 aromatic rings. The van der Waals surface area contributed by atoms with Crippen LogP contribution in [0.2, 0.25) is 0 Å². The summed E-state index contributed by atoms with van der Waals surface area (Å²) in [5, 5.41) is 9.66. The average Bonchev–Trinajstić information content (AvgIpc) is 2.40. The van der Waals surface area contributed by atoms with Gasteiger partial charge in [0.1, 0.15) is 5.75 Å². The largest absolute Gasteiger partial charge is 0.507 e. The second-order valence-corrected chi connectivity index (χ2v) is 4.62. The summed E-state index contributed by atoms with van der Waals surface area (Å²) in [4.78, 5) is 23.5. The monoisotopic (exact) mass is 282 g/mol. The molecule has 0 aliphatic rings. The number of esters is 2. The molecule has 0 heterocycles. The molecule has 1 aromatic carbocycles. The summed E-state index contributed by atoms with van der Waals surface area (Å²) in [6.45, 7) is 0. The molecule has 0 radical (unpaired) electrons. The van der Waals surface area contributed by atoms with E-state index in [0.717, 1.165) is 11.8 Å².